The maximum atomic E-state index is 13.6. The quantitative estimate of drug-likeness (QED) is 0.200. The number of hydrogen-bond acceptors (Lipinski definition) is 7. The number of hydrogen-bond donors (Lipinski definition) is 1. The Bertz CT molecular complexity index is 1880. The number of carbonyl (C=O) groups is 1. The van der Waals surface area contributed by atoms with Crippen molar-refractivity contribution in [1.29, 1.82) is 0 Å². The second kappa shape index (κ2) is 12.2. The van der Waals surface area contributed by atoms with Crippen LogP contribution in [0.4, 0.5) is 5.00 Å². The van der Waals surface area contributed by atoms with Crippen LogP contribution >= 0.6 is 22.7 Å². The van der Waals surface area contributed by atoms with E-state index in [2.05, 4.69) is 40.5 Å². The van der Waals surface area contributed by atoms with Gasteiger partial charge >= 0.3 is 0 Å². The summed E-state index contributed by atoms with van der Waals surface area (Å²) in [6.07, 6.45) is 3.66. The minimum atomic E-state index is -3.61. The molecule has 226 valence electrons. The number of amides is 1. The predicted molar refractivity (Wildman–Crippen MR) is 179 cm³/mol. The van der Waals surface area contributed by atoms with Crippen molar-refractivity contribution in [3.05, 3.63) is 100 Å². The molecule has 10 heteroatoms. The van der Waals surface area contributed by atoms with Gasteiger partial charge in [0.1, 0.15) is 10.0 Å². The monoisotopic (exact) mass is 642 g/mol. The van der Waals surface area contributed by atoms with E-state index in [1.54, 1.807) is 51.2 Å². The average molecular weight is 643 g/mol. The van der Waals surface area contributed by atoms with Gasteiger partial charge in [-0.3, -0.25) is 9.69 Å². The van der Waals surface area contributed by atoms with E-state index >= 15 is 0 Å². The number of carbonyl (C=O) groups excluding carboxylic acids is 1. The van der Waals surface area contributed by atoms with Crippen LogP contribution in [-0.2, 0) is 29.5 Å². The van der Waals surface area contributed by atoms with E-state index in [1.165, 1.54) is 16.0 Å². The Morgan fingerprint density at radius 1 is 0.955 bits per heavy atom. The van der Waals surface area contributed by atoms with Gasteiger partial charge in [0, 0.05) is 48.2 Å². The second-order valence-electron chi connectivity index (χ2n) is 11.6. The van der Waals surface area contributed by atoms with Crippen molar-refractivity contribution in [2.24, 2.45) is 0 Å². The van der Waals surface area contributed by atoms with E-state index in [0.717, 1.165) is 71.1 Å². The molecule has 1 fully saturated rings. The molecule has 0 radical (unpaired) electrons. The van der Waals surface area contributed by atoms with Gasteiger partial charge in [-0.2, -0.15) is 4.31 Å². The number of benzene rings is 3. The van der Waals surface area contributed by atoms with Gasteiger partial charge in [0.05, 0.1) is 15.1 Å². The molecule has 5 aromatic rings. The highest BCUT2D eigenvalue weighted by molar-refractivity contribution is 7.89. The summed E-state index contributed by atoms with van der Waals surface area (Å²) in [5.41, 5.74) is 4.92. The fraction of sp³-hybridized carbons (Fsp3) is 0.294. The molecule has 7 nitrogen and oxygen atoms in total. The van der Waals surface area contributed by atoms with Crippen LogP contribution < -0.4 is 5.32 Å². The molecule has 44 heavy (non-hydrogen) atoms. The molecule has 1 unspecified atom stereocenters. The Balaban J connectivity index is 1.17. The van der Waals surface area contributed by atoms with Crippen LogP contribution in [0.1, 0.15) is 52.5 Å². The van der Waals surface area contributed by atoms with Gasteiger partial charge < -0.3 is 5.32 Å². The Morgan fingerprint density at radius 3 is 2.50 bits per heavy atom. The number of anilines is 1. The Labute approximate surface area is 266 Å². The lowest BCUT2D eigenvalue weighted by Gasteiger charge is -2.32. The van der Waals surface area contributed by atoms with Crippen molar-refractivity contribution < 1.29 is 13.2 Å². The molecule has 7 rings (SSSR count). The molecule has 0 saturated carbocycles. The molecule has 0 aliphatic carbocycles. The molecule has 3 aromatic carbocycles. The first-order valence-corrected chi connectivity index (χ1v) is 18.1. The van der Waals surface area contributed by atoms with Gasteiger partial charge in [-0.05, 0) is 73.7 Å². The second-order valence-corrected chi connectivity index (χ2v) is 15.6. The zero-order valence-electron chi connectivity index (χ0n) is 24.5. The van der Waals surface area contributed by atoms with Gasteiger partial charge in [0.25, 0.3) is 5.91 Å². The molecule has 2 aliphatic heterocycles. The first-order chi connectivity index (χ1) is 21.4. The molecule has 1 N–H and O–H groups in total. The maximum absolute atomic E-state index is 13.6. The summed E-state index contributed by atoms with van der Waals surface area (Å²) >= 11 is 3.27. The number of aromatic nitrogens is 1. The minimum absolute atomic E-state index is 0.0221. The predicted octanol–water partition coefficient (Wildman–Crippen LogP) is 7.40. The van der Waals surface area contributed by atoms with Crippen LogP contribution in [0, 0.1) is 0 Å². The topological polar surface area (TPSA) is 82.6 Å². The first kappa shape index (κ1) is 29.3. The SMILES string of the molecule is CC1CCCCN1S(=O)(=O)c1ccc(C(=O)Nc2sc3c(c2-c2nc4ccccc4s2)CCN(Cc2ccccc2)C3)cc1. The Kier molecular flexibility index (Phi) is 8.11. The maximum Gasteiger partial charge on any atom is 0.256 e. The molecule has 2 aliphatic rings. The zero-order chi connectivity index (χ0) is 30.3. The van der Waals surface area contributed by atoms with Crippen molar-refractivity contribution in [3.63, 3.8) is 0 Å². The number of thiazole rings is 1. The molecule has 0 spiro atoms. The van der Waals surface area contributed by atoms with Gasteiger partial charge in [0.2, 0.25) is 10.0 Å². The fourth-order valence-electron chi connectivity index (χ4n) is 6.24. The third kappa shape index (κ3) is 5.73. The molecule has 1 atom stereocenters. The number of fused-ring (bicyclic) bond motifs is 2. The van der Waals surface area contributed by atoms with Crippen molar-refractivity contribution in [2.75, 3.05) is 18.4 Å². The van der Waals surface area contributed by atoms with E-state index in [-0.39, 0.29) is 16.8 Å². The van der Waals surface area contributed by atoms with Crippen LogP contribution in [-0.4, -0.2) is 47.6 Å². The van der Waals surface area contributed by atoms with Crippen molar-refractivity contribution >= 4 is 53.8 Å². The molecule has 1 saturated heterocycles. The van der Waals surface area contributed by atoms with E-state index in [0.29, 0.717) is 12.1 Å². The number of rotatable bonds is 7. The third-order valence-electron chi connectivity index (χ3n) is 8.58. The summed E-state index contributed by atoms with van der Waals surface area (Å²) in [6, 6.07) is 24.9. The molecule has 2 aromatic heterocycles. The van der Waals surface area contributed by atoms with Crippen LogP contribution in [0.25, 0.3) is 20.8 Å². The summed E-state index contributed by atoms with van der Waals surface area (Å²) in [4.78, 5) is 22.5. The smallest absolute Gasteiger partial charge is 0.256 e. The van der Waals surface area contributed by atoms with Crippen molar-refractivity contribution in [1.82, 2.24) is 14.2 Å². The van der Waals surface area contributed by atoms with Crippen LogP contribution in [0.5, 0.6) is 0 Å². The van der Waals surface area contributed by atoms with Gasteiger partial charge in [-0.15, -0.1) is 22.7 Å². The van der Waals surface area contributed by atoms with Crippen molar-refractivity contribution in [3.8, 4) is 10.6 Å². The standard InChI is InChI=1S/C34H34N4O3S3/c1-23-9-7-8-19-38(23)44(40,41)26-16-14-25(15-17-26)32(39)36-34-31(33-35-28-12-5-6-13-29(28)42-33)27-18-20-37(22-30(27)43-34)21-24-10-3-2-4-11-24/h2-6,10-17,23H,7-9,18-22H2,1H3,(H,36,39). The van der Waals surface area contributed by atoms with Crippen LogP contribution in [0.15, 0.2) is 83.8 Å². The summed E-state index contributed by atoms with van der Waals surface area (Å²) in [5, 5.41) is 4.89. The lowest BCUT2D eigenvalue weighted by Crippen LogP contribution is -2.41. The normalized spacial score (nSPS) is 17.9. The lowest BCUT2D eigenvalue weighted by atomic mass is 10.0. The van der Waals surface area contributed by atoms with E-state index < -0.39 is 10.0 Å². The molecule has 1 amide bonds. The average Bonchev–Trinajstić information content (AvgIpc) is 3.62. The number of para-hydroxylation sites is 1. The largest absolute Gasteiger partial charge is 0.313 e. The molecular formula is C34H34N4O3S3. The van der Waals surface area contributed by atoms with Crippen molar-refractivity contribution in [2.45, 2.75) is 56.6 Å². The van der Waals surface area contributed by atoms with Gasteiger partial charge in [-0.25, -0.2) is 13.4 Å². The highest BCUT2D eigenvalue weighted by Crippen LogP contribution is 2.46. The van der Waals surface area contributed by atoms with Crippen LogP contribution in [0.3, 0.4) is 0 Å². The fourth-order valence-corrected chi connectivity index (χ4v) is 10.3. The highest BCUT2D eigenvalue weighted by atomic mass is 32.2. The number of nitrogens with one attached hydrogen (secondary N) is 1. The summed E-state index contributed by atoms with van der Waals surface area (Å²) in [7, 11) is -3.61. The molecule has 0 bridgehead atoms. The number of thiophene rings is 1. The van der Waals surface area contributed by atoms with E-state index in [4.69, 9.17) is 4.98 Å². The number of nitrogens with zero attached hydrogens (tertiary/aromatic N) is 3. The molecular weight excluding hydrogens is 609 g/mol. The summed E-state index contributed by atoms with van der Waals surface area (Å²) in [5.74, 6) is -0.262. The lowest BCUT2D eigenvalue weighted by molar-refractivity contribution is 0.102. The number of piperidine rings is 1. The zero-order valence-corrected chi connectivity index (χ0v) is 27.0. The Hall–Kier alpha value is -3.41. The number of sulfonamides is 1. The van der Waals surface area contributed by atoms with Crippen LogP contribution in [0.2, 0.25) is 0 Å². The van der Waals surface area contributed by atoms with Gasteiger partial charge in [0.15, 0.2) is 0 Å². The highest BCUT2D eigenvalue weighted by Gasteiger charge is 2.31. The minimum Gasteiger partial charge on any atom is -0.313 e. The molecule has 4 heterocycles. The summed E-state index contributed by atoms with van der Waals surface area (Å²) < 4.78 is 29.3. The van der Waals surface area contributed by atoms with E-state index in [1.807, 2.05) is 31.2 Å². The Morgan fingerprint density at radius 2 is 1.73 bits per heavy atom. The third-order valence-corrected chi connectivity index (χ3v) is 12.8. The van der Waals surface area contributed by atoms with Gasteiger partial charge in [-0.1, -0.05) is 48.9 Å². The first-order valence-electron chi connectivity index (χ1n) is 15.1. The van der Waals surface area contributed by atoms with E-state index in [9.17, 15) is 13.2 Å². The summed E-state index contributed by atoms with van der Waals surface area (Å²) in [6.45, 7) is 5.11.